The minimum atomic E-state index is -4.52. The lowest BCUT2D eigenvalue weighted by Crippen LogP contribution is -2.64. The van der Waals surface area contributed by atoms with Crippen LogP contribution in [-0.2, 0) is 0 Å². The number of nitrogens with zero attached hydrogens (tertiary/aromatic N) is 4. The van der Waals surface area contributed by atoms with E-state index in [9.17, 15) is 18.0 Å². The number of urea groups is 1. The molecular formula is C22H32F3IN8OP2S. The largest absolute Gasteiger partial charge is 0.406 e. The maximum Gasteiger partial charge on any atom is 0.406 e. The van der Waals surface area contributed by atoms with Crippen molar-refractivity contribution in [2.45, 2.75) is 56.8 Å². The molecule has 2 amide bonds. The topological polar surface area (TPSA) is 125 Å². The molecule has 3 heterocycles. The van der Waals surface area contributed by atoms with Crippen molar-refractivity contribution in [2.75, 3.05) is 23.7 Å². The van der Waals surface area contributed by atoms with Gasteiger partial charge in [-0.05, 0) is 59.7 Å². The van der Waals surface area contributed by atoms with Gasteiger partial charge in [0.1, 0.15) is 11.2 Å². The van der Waals surface area contributed by atoms with Crippen LogP contribution in [0.1, 0.15) is 45.1 Å². The number of nitrogens with two attached hydrogens (primary N) is 1. The summed E-state index contributed by atoms with van der Waals surface area (Å²) in [7, 11) is 2.11. The van der Waals surface area contributed by atoms with Crippen LogP contribution in [0.2, 0.25) is 0 Å². The number of anilines is 2. The number of piperidine rings is 1. The molecule has 1 saturated carbocycles. The molecule has 2 aromatic heterocycles. The van der Waals surface area contributed by atoms with Crippen LogP contribution in [-0.4, -0.2) is 62.0 Å². The molecule has 0 radical (unpaired) electrons. The van der Waals surface area contributed by atoms with Gasteiger partial charge in [0, 0.05) is 42.3 Å². The highest BCUT2D eigenvalue weighted by Crippen LogP contribution is 2.54. The van der Waals surface area contributed by atoms with Gasteiger partial charge in [-0.25, -0.2) is 9.25 Å². The highest BCUT2D eigenvalue weighted by Gasteiger charge is 2.64. The summed E-state index contributed by atoms with van der Waals surface area (Å²) >= 11 is 5.61. The number of rotatable bonds is 7. The van der Waals surface area contributed by atoms with Gasteiger partial charge in [0.2, 0.25) is 0 Å². The van der Waals surface area contributed by atoms with Crippen molar-refractivity contribution in [1.29, 1.82) is 5.41 Å². The number of carbonyl (C=O) groups is 1. The highest BCUT2D eigenvalue weighted by atomic mass is 127. The number of pyridine rings is 1. The van der Waals surface area contributed by atoms with E-state index < -0.39 is 23.3 Å². The Labute approximate surface area is 242 Å². The number of carbonyl (C=O) groups excluding carboxylic acids is 1. The van der Waals surface area contributed by atoms with E-state index in [1.165, 1.54) is 11.1 Å². The lowest BCUT2D eigenvalue weighted by atomic mass is 9.82. The molecule has 2 aromatic rings. The van der Waals surface area contributed by atoms with E-state index in [-0.39, 0.29) is 25.8 Å². The first-order valence-corrected chi connectivity index (χ1v) is 18.0. The average molecular weight is 702 g/mol. The van der Waals surface area contributed by atoms with Crippen LogP contribution in [0.25, 0.3) is 11.4 Å². The second kappa shape index (κ2) is 12.5. The lowest BCUT2D eigenvalue weighted by Gasteiger charge is -2.46. The summed E-state index contributed by atoms with van der Waals surface area (Å²) in [6.45, 7) is 4.78. The van der Waals surface area contributed by atoms with E-state index in [0.29, 0.717) is 47.9 Å². The van der Waals surface area contributed by atoms with Crippen molar-refractivity contribution >= 4 is 72.7 Å². The second-order valence-electron chi connectivity index (χ2n) is 9.88. The van der Waals surface area contributed by atoms with E-state index in [0.717, 1.165) is 5.69 Å². The summed E-state index contributed by atoms with van der Waals surface area (Å²) in [6, 6.07) is 1.32. The molecule has 1 spiro atoms. The van der Waals surface area contributed by atoms with Gasteiger partial charge in [-0.3, -0.25) is 4.98 Å². The van der Waals surface area contributed by atoms with Crippen LogP contribution in [0.4, 0.5) is 29.3 Å². The Morgan fingerprint density at radius 1 is 1.37 bits per heavy atom. The molecular weight excluding hydrogens is 670 g/mol. The molecule has 0 bridgehead atoms. The minimum Gasteiger partial charge on any atom is -0.384 e. The monoisotopic (exact) mass is 702 g/mol. The molecule has 210 valence electrons. The first-order chi connectivity index (χ1) is 17.9. The number of alkyl halides is 3. The molecule has 1 aliphatic heterocycles. The number of hydrogen-bond donors (Lipinski definition) is 5. The lowest BCUT2D eigenvalue weighted by molar-refractivity contribution is -0.201. The zero-order valence-corrected chi connectivity index (χ0v) is 26.1. The number of hydrogen-bond acceptors (Lipinski definition) is 7. The van der Waals surface area contributed by atoms with Crippen molar-refractivity contribution < 1.29 is 18.0 Å². The number of amides is 2. The predicted octanol–water partition coefficient (Wildman–Crippen LogP) is 5.93. The predicted molar refractivity (Wildman–Crippen MR) is 163 cm³/mol. The molecule has 5 N–H and O–H groups in total. The Kier molecular flexibility index (Phi) is 10.3. The van der Waals surface area contributed by atoms with Crippen LogP contribution in [0.15, 0.2) is 18.5 Å². The summed E-state index contributed by atoms with van der Waals surface area (Å²) in [5.41, 5.74) is 5.32. The van der Waals surface area contributed by atoms with Crippen molar-refractivity contribution in [3.8, 4) is 11.4 Å². The summed E-state index contributed by atoms with van der Waals surface area (Å²) in [6.07, 6.45) is 0.580. The number of likely N-dealkylation sites (tertiary alicyclic amines) is 1. The van der Waals surface area contributed by atoms with Gasteiger partial charge in [-0.15, -0.1) is 0 Å². The highest BCUT2D eigenvalue weighted by molar-refractivity contribution is 14.2. The fourth-order valence-corrected chi connectivity index (χ4v) is 5.58. The van der Waals surface area contributed by atoms with E-state index in [1.54, 1.807) is 22.9 Å². The average Bonchev–Trinajstić information content (AvgIpc) is 3.50. The quantitative estimate of drug-likeness (QED) is 0.106. The minimum absolute atomic E-state index is 0.0745. The molecule has 1 aliphatic carbocycles. The van der Waals surface area contributed by atoms with Crippen molar-refractivity contribution in [3.05, 3.63) is 24.0 Å². The molecule has 1 saturated heterocycles. The Hall–Kier alpha value is -1.21. The standard InChI is InChI=1S/C22H29F3IN8OP.H3PS/c1-13(2)9-29-15-7-16(30-10-14(15)8-27)18-17(11-34(32-18)36-26)31-19(35)33-6-5-21(28,22(23,24)25)12-20(33)3-4-20;1-2/h7-8,10-11,13,27,36H,3-6,9,12,28H2,1-2H3,(H,29,30)(H,31,35);2H,1H2. The van der Waals surface area contributed by atoms with Crippen molar-refractivity contribution in [3.63, 3.8) is 0 Å². The van der Waals surface area contributed by atoms with Gasteiger partial charge >= 0.3 is 12.2 Å². The normalized spacial score (nSPS) is 20.4. The Morgan fingerprint density at radius 2 is 2.05 bits per heavy atom. The Balaban J connectivity index is 0.00000195. The molecule has 38 heavy (non-hydrogen) atoms. The number of aromatic nitrogens is 3. The van der Waals surface area contributed by atoms with Crippen LogP contribution in [0.3, 0.4) is 0 Å². The zero-order valence-electron chi connectivity index (χ0n) is 20.9. The third-order valence-corrected chi connectivity index (χ3v) is 8.60. The maximum atomic E-state index is 13.6. The van der Waals surface area contributed by atoms with Gasteiger partial charge in [0.05, 0.1) is 24.0 Å². The van der Waals surface area contributed by atoms with E-state index in [2.05, 4.69) is 77.3 Å². The van der Waals surface area contributed by atoms with Gasteiger partial charge in [-0.2, -0.15) is 30.5 Å². The fraction of sp³-hybridized carbons (Fsp3) is 0.545. The van der Waals surface area contributed by atoms with Gasteiger partial charge in [0.15, 0.2) is 0 Å². The van der Waals surface area contributed by atoms with E-state index in [4.69, 9.17) is 11.1 Å². The van der Waals surface area contributed by atoms with Crippen LogP contribution in [0, 0.1) is 11.3 Å². The SMILES string of the molecule is CC(C)CNc1cc(-c2nn(PI)cc2NC(=O)N2CCC(N)(C(F)(F)F)CC23CC3)ncc1C=N.PS. The number of nitrogens with one attached hydrogen (secondary N) is 3. The smallest absolute Gasteiger partial charge is 0.384 e. The summed E-state index contributed by atoms with van der Waals surface area (Å²) in [5, 5.41) is 18.4. The number of thiol groups is 1. The molecule has 3 atom stereocenters. The zero-order chi connectivity index (χ0) is 28.3. The van der Waals surface area contributed by atoms with Crippen LogP contribution >= 0.6 is 49.1 Å². The van der Waals surface area contributed by atoms with Gasteiger partial charge in [-0.1, -0.05) is 22.3 Å². The van der Waals surface area contributed by atoms with Gasteiger partial charge in [0.25, 0.3) is 0 Å². The van der Waals surface area contributed by atoms with Gasteiger partial charge < -0.3 is 26.7 Å². The molecule has 0 aromatic carbocycles. The fourth-order valence-electron chi connectivity index (χ4n) is 4.53. The molecule has 2 fully saturated rings. The third kappa shape index (κ3) is 6.74. The van der Waals surface area contributed by atoms with Crippen molar-refractivity contribution in [2.24, 2.45) is 11.7 Å². The summed E-state index contributed by atoms with van der Waals surface area (Å²) in [5.74, 6) is 0.387. The second-order valence-corrected chi connectivity index (χ2v) is 12.0. The molecule has 16 heteroatoms. The summed E-state index contributed by atoms with van der Waals surface area (Å²) in [4.78, 5) is 19.3. The summed E-state index contributed by atoms with van der Waals surface area (Å²) < 4.78 is 42.4. The Bertz CT molecular complexity index is 1160. The molecule has 2 aliphatic rings. The van der Waals surface area contributed by atoms with Crippen molar-refractivity contribution in [1.82, 2.24) is 19.4 Å². The first-order valence-electron chi connectivity index (χ1n) is 11.8. The number of halogens is 4. The van der Waals surface area contributed by atoms with Crippen LogP contribution in [0.5, 0.6) is 0 Å². The molecule has 3 unspecified atom stereocenters. The first kappa shape index (κ1) is 31.3. The Morgan fingerprint density at radius 3 is 2.61 bits per heavy atom. The molecule has 4 rings (SSSR count). The third-order valence-electron chi connectivity index (χ3n) is 6.71. The maximum absolute atomic E-state index is 13.6. The van der Waals surface area contributed by atoms with E-state index >= 15 is 0 Å². The van der Waals surface area contributed by atoms with E-state index in [1.807, 2.05) is 0 Å². The van der Waals surface area contributed by atoms with Crippen LogP contribution < -0.4 is 16.4 Å². The molecule has 9 nitrogen and oxygen atoms in total.